The van der Waals surface area contributed by atoms with Gasteiger partial charge in [-0.25, -0.2) is 0 Å². The lowest BCUT2D eigenvalue weighted by Crippen LogP contribution is -2.19. The minimum absolute atomic E-state index is 0.186. The SMILES string of the molecule is Cc1cccc(CNC(C)c2cccc(C(F)(F)F)c2)n1. The maximum atomic E-state index is 12.7. The molecule has 5 heteroatoms. The zero-order chi connectivity index (χ0) is 15.5. The Labute approximate surface area is 122 Å². The van der Waals surface area contributed by atoms with Gasteiger partial charge in [0.1, 0.15) is 0 Å². The van der Waals surface area contributed by atoms with Gasteiger partial charge in [-0.05, 0) is 43.7 Å². The van der Waals surface area contributed by atoms with Crippen molar-refractivity contribution < 1.29 is 13.2 Å². The predicted octanol–water partition coefficient (Wildman–Crippen LogP) is 4.26. The zero-order valence-corrected chi connectivity index (χ0v) is 11.9. The first-order valence-corrected chi connectivity index (χ1v) is 6.69. The number of rotatable bonds is 4. The second-order valence-electron chi connectivity index (χ2n) is 5.00. The third-order valence-corrected chi connectivity index (χ3v) is 3.25. The smallest absolute Gasteiger partial charge is 0.305 e. The molecular weight excluding hydrogens is 277 g/mol. The molecule has 2 aromatic rings. The van der Waals surface area contributed by atoms with Gasteiger partial charge in [0.2, 0.25) is 0 Å². The molecule has 0 bridgehead atoms. The highest BCUT2D eigenvalue weighted by atomic mass is 19.4. The van der Waals surface area contributed by atoms with Crippen LogP contribution in [0.3, 0.4) is 0 Å². The van der Waals surface area contributed by atoms with E-state index in [0.29, 0.717) is 12.1 Å². The molecule has 0 saturated carbocycles. The Kier molecular flexibility index (Phi) is 4.63. The normalized spacial score (nSPS) is 13.2. The van der Waals surface area contributed by atoms with Crippen molar-refractivity contribution in [3.63, 3.8) is 0 Å². The van der Waals surface area contributed by atoms with Crippen LogP contribution < -0.4 is 5.32 Å². The molecule has 1 atom stereocenters. The van der Waals surface area contributed by atoms with E-state index in [1.165, 1.54) is 12.1 Å². The fourth-order valence-electron chi connectivity index (χ4n) is 2.06. The summed E-state index contributed by atoms with van der Waals surface area (Å²) in [6.45, 7) is 4.25. The van der Waals surface area contributed by atoms with E-state index in [9.17, 15) is 13.2 Å². The summed E-state index contributed by atoms with van der Waals surface area (Å²) in [4.78, 5) is 4.35. The molecule has 2 nitrogen and oxygen atoms in total. The third-order valence-electron chi connectivity index (χ3n) is 3.25. The monoisotopic (exact) mass is 294 g/mol. The Morgan fingerprint density at radius 3 is 2.52 bits per heavy atom. The summed E-state index contributed by atoms with van der Waals surface area (Å²) in [6, 6.07) is 10.9. The first kappa shape index (κ1) is 15.5. The maximum Gasteiger partial charge on any atom is 0.416 e. The van der Waals surface area contributed by atoms with Crippen LogP contribution in [0.5, 0.6) is 0 Å². The van der Waals surface area contributed by atoms with E-state index in [0.717, 1.165) is 17.5 Å². The van der Waals surface area contributed by atoms with Crippen molar-refractivity contribution in [2.75, 3.05) is 0 Å². The van der Waals surface area contributed by atoms with Crippen LogP contribution in [0.1, 0.15) is 35.5 Å². The number of nitrogens with one attached hydrogen (secondary N) is 1. The van der Waals surface area contributed by atoms with E-state index in [1.807, 2.05) is 32.0 Å². The van der Waals surface area contributed by atoms with Crippen LogP contribution in [-0.4, -0.2) is 4.98 Å². The Balaban J connectivity index is 2.05. The van der Waals surface area contributed by atoms with Gasteiger partial charge in [0, 0.05) is 18.3 Å². The average Bonchev–Trinajstić information content (AvgIpc) is 2.44. The van der Waals surface area contributed by atoms with Gasteiger partial charge < -0.3 is 5.32 Å². The molecule has 0 aliphatic carbocycles. The van der Waals surface area contributed by atoms with E-state index in [2.05, 4.69) is 10.3 Å². The van der Waals surface area contributed by atoms with E-state index in [1.54, 1.807) is 6.07 Å². The minimum Gasteiger partial charge on any atom is -0.305 e. The van der Waals surface area contributed by atoms with Gasteiger partial charge in [0.25, 0.3) is 0 Å². The number of hydrogen-bond acceptors (Lipinski definition) is 2. The Morgan fingerprint density at radius 1 is 1.14 bits per heavy atom. The third kappa shape index (κ3) is 4.29. The Bertz CT molecular complexity index is 608. The largest absolute Gasteiger partial charge is 0.416 e. The van der Waals surface area contributed by atoms with Crippen molar-refractivity contribution >= 4 is 0 Å². The minimum atomic E-state index is -4.31. The molecule has 21 heavy (non-hydrogen) atoms. The van der Waals surface area contributed by atoms with E-state index >= 15 is 0 Å². The Hall–Kier alpha value is -1.88. The lowest BCUT2D eigenvalue weighted by molar-refractivity contribution is -0.137. The van der Waals surface area contributed by atoms with Crippen molar-refractivity contribution in [2.24, 2.45) is 0 Å². The Morgan fingerprint density at radius 2 is 1.86 bits per heavy atom. The lowest BCUT2D eigenvalue weighted by Gasteiger charge is -2.16. The predicted molar refractivity (Wildman–Crippen MR) is 75.7 cm³/mol. The van der Waals surface area contributed by atoms with Gasteiger partial charge >= 0.3 is 6.18 Å². The van der Waals surface area contributed by atoms with Crippen LogP contribution in [0.2, 0.25) is 0 Å². The van der Waals surface area contributed by atoms with Gasteiger partial charge in [-0.2, -0.15) is 13.2 Å². The van der Waals surface area contributed by atoms with Crippen molar-refractivity contribution in [2.45, 2.75) is 32.6 Å². The summed E-state index contributed by atoms with van der Waals surface area (Å²) in [7, 11) is 0. The molecule has 1 heterocycles. The number of benzene rings is 1. The molecule has 0 saturated heterocycles. The second kappa shape index (κ2) is 6.26. The van der Waals surface area contributed by atoms with Gasteiger partial charge in [-0.1, -0.05) is 18.2 Å². The standard InChI is InChI=1S/C16H17F3N2/c1-11-5-3-8-15(21-11)10-20-12(2)13-6-4-7-14(9-13)16(17,18)19/h3-9,12,20H,10H2,1-2H3. The summed E-state index contributed by atoms with van der Waals surface area (Å²) >= 11 is 0. The molecule has 1 aromatic carbocycles. The highest BCUT2D eigenvalue weighted by molar-refractivity contribution is 5.27. The van der Waals surface area contributed by atoms with E-state index in [-0.39, 0.29) is 6.04 Å². The molecule has 1 aromatic heterocycles. The van der Waals surface area contributed by atoms with Gasteiger partial charge in [0.15, 0.2) is 0 Å². The van der Waals surface area contributed by atoms with Crippen LogP contribution in [0.4, 0.5) is 13.2 Å². The maximum absolute atomic E-state index is 12.7. The van der Waals surface area contributed by atoms with Crippen LogP contribution in [0.15, 0.2) is 42.5 Å². The summed E-state index contributed by atoms with van der Waals surface area (Å²) in [6.07, 6.45) is -4.31. The number of aryl methyl sites for hydroxylation is 1. The van der Waals surface area contributed by atoms with E-state index < -0.39 is 11.7 Å². The van der Waals surface area contributed by atoms with Gasteiger partial charge in [-0.15, -0.1) is 0 Å². The number of nitrogens with zero attached hydrogens (tertiary/aromatic N) is 1. The van der Waals surface area contributed by atoms with Gasteiger partial charge in [-0.3, -0.25) is 4.98 Å². The molecular formula is C16H17F3N2. The van der Waals surface area contributed by atoms with Crippen molar-refractivity contribution in [3.8, 4) is 0 Å². The lowest BCUT2D eigenvalue weighted by atomic mass is 10.0. The number of halogens is 3. The number of pyridine rings is 1. The first-order valence-electron chi connectivity index (χ1n) is 6.69. The molecule has 112 valence electrons. The van der Waals surface area contributed by atoms with Crippen LogP contribution in [-0.2, 0) is 12.7 Å². The fraction of sp³-hybridized carbons (Fsp3) is 0.312. The van der Waals surface area contributed by atoms with Crippen LogP contribution in [0.25, 0.3) is 0 Å². The molecule has 1 unspecified atom stereocenters. The summed E-state index contributed by atoms with van der Waals surface area (Å²) < 4.78 is 38.1. The number of alkyl halides is 3. The molecule has 0 fully saturated rings. The number of aromatic nitrogens is 1. The summed E-state index contributed by atoms with van der Waals surface area (Å²) in [5.41, 5.74) is 1.77. The summed E-state index contributed by atoms with van der Waals surface area (Å²) in [5, 5.41) is 3.19. The average molecular weight is 294 g/mol. The first-order chi connectivity index (χ1) is 9.86. The molecule has 1 N–H and O–H groups in total. The van der Waals surface area contributed by atoms with Crippen molar-refractivity contribution in [1.82, 2.24) is 10.3 Å². The molecule has 0 spiro atoms. The molecule has 0 aliphatic heterocycles. The molecule has 2 rings (SSSR count). The highest BCUT2D eigenvalue weighted by Crippen LogP contribution is 2.30. The quantitative estimate of drug-likeness (QED) is 0.911. The van der Waals surface area contributed by atoms with E-state index in [4.69, 9.17) is 0 Å². The zero-order valence-electron chi connectivity index (χ0n) is 11.9. The molecule has 0 amide bonds. The second-order valence-corrected chi connectivity index (χ2v) is 5.00. The molecule has 0 radical (unpaired) electrons. The summed E-state index contributed by atoms with van der Waals surface area (Å²) in [5.74, 6) is 0. The van der Waals surface area contributed by atoms with Gasteiger partial charge in [0.05, 0.1) is 11.3 Å². The topological polar surface area (TPSA) is 24.9 Å². The van der Waals surface area contributed by atoms with Crippen molar-refractivity contribution in [3.05, 3.63) is 65.0 Å². The molecule has 0 aliphatic rings. The highest BCUT2D eigenvalue weighted by Gasteiger charge is 2.30. The van der Waals surface area contributed by atoms with Crippen LogP contribution >= 0.6 is 0 Å². The number of hydrogen-bond donors (Lipinski definition) is 1. The fourth-order valence-corrected chi connectivity index (χ4v) is 2.06. The van der Waals surface area contributed by atoms with Crippen LogP contribution in [0, 0.1) is 6.92 Å². The van der Waals surface area contributed by atoms with Crippen molar-refractivity contribution in [1.29, 1.82) is 0 Å².